The number of nitrogens with one attached hydrogen (secondary N) is 3. The molecule has 21 heavy (non-hydrogen) atoms. The molecule has 0 radical (unpaired) electrons. The number of rotatable bonds is 6. The Morgan fingerprint density at radius 1 is 1.10 bits per heavy atom. The van der Waals surface area contributed by atoms with Crippen molar-refractivity contribution >= 4 is 17.8 Å². The van der Waals surface area contributed by atoms with Gasteiger partial charge in [-0.25, -0.2) is 0 Å². The fourth-order valence-electron chi connectivity index (χ4n) is 1.64. The van der Waals surface area contributed by atoms with Gasteiger partial charge < -0.3 is 5.11 Å². The third-order valence-corrected chi connectivity index (χ3v) is 2.77. The van der Waals surface area contributed by atoms with Crippen LogP contribution in [0.25, 0.3) is 0 Å². The lowest BCUT2D eigenvalue weighted by Crippen LogP contribution is -2.49. The fourth-order valence-corrected chi connectivity index (χ4v) is 1.64. The van der Waals surface area contributed by atoms with E-state index in [0.717, 1.165) is 0 Å². The molecular formula is C14H19N3O4. The number of benzene rings is 1. The van der Waals surface area contributed by atoms with Crippen LogP contribution in [0, 0.1) is 5.92 Å². The smallest absolute Gasteiger partial charge is 0.320 e. The van der Waals surface area contributed by atoms with Crippen molar-refractivity contribution in [3.8, 4) is 0 Å². The van der Waals surface area contributed by atoms with Crippen LogP contribution in [0.2, 0.25) is 0 Å². The van der Waals surface area contributed by atoms with E-state index in [-0.39, 0.29) is 12.5 Å². The third kappa shape index (κ3) is 5.62. The number of carbonyl (C=O) groups excluding carboxylic acids is 2. The number of hydrogen-bond acceptors (Lipinski definition) is 4. The molecule has 0 aliphatic heterocycles. The van der Waals surface area contributed by atoms with E-state index in [2.05, 4.69) is 16.2 Å². The van der Waals surface area contributed by atoms with E-state index in [1.807, 2.05) is 0 Å². The zero-order valence-electron chi connectivity index (χ0n) is 11.9. The summed E-state index contributed by atoms with van der Waals surface area (Å²) in [5.41, 5.74) is 4.89. The average Bonchev–Trinajstić information content (AvgIpc) is 2.45. The minimum atomic E-state index is -1.02. The van der Waals surface area contributed by atoms with Crippen LogP contribution in [0.3, 0.4) is 0 Å². The Hall–Kier alpha value is -2.41. The Kier molecular flexibility index (Phi) is 6.35. The number of hydrazine groups is 1. The average molecular weight is 293 g/mol. The van der Waals surface area contributed by atoms with Crippen LogP contribution in [0.4, 0.5) is 0 Å². The largest absolute Gasteiger partial charge is 0.480 e. The number of hydrogen-bond donors (Lipinski definition) is 4. The van der Waals surface area contributed by atoms with Gasteiger partial charge in [-0.15, -0.1) is 0 Å². The molecule has 7 heteroatoms. The molecule has 1 unspecified atom stereocenters. The molecule has 0 saturated carbocycles. The first-order valence-corrected chi connectivity index (χ1v) is 6.52. The van der Waals surface area contributed by atoms with Crippen molar-refractivity contribution in [2.24, 2.45) is 5.92 Å². The summed E-state index contributed by atoms with van der Waals surface area (Å²) in [6, 6.07) is 7.59. The summed E-state index contributed by atoms with van der Waals surface area (Å²) in [7, 11) is 0. The number of amides is 2. The highest BCUT2D eigenvalue weighted by Crippen LogP contribution is 2.00. The summed E-state index contributed by atoms with van der Waals surface area (Å²) >= 11 is 0. The van der Waals surface area contributed by atoms with E-state index in [9.17, 15) is 14.4 Å². The minimum Gasteiger partial charge on any atom is -0.480 e. The van der Waals surface area contributed by atoms with Gasteiger partial charge in [0.05, 0.1) is 6.54 Å². The lowest BCUT2D eigenvalue weighted by atomic mass is 10.1. The van der Waals surface area contributed by atoms with Gasteiger partial charge in [-0.05, 0) is 18.1 Å². The number of carbonyl (C=O) groups is 3. The quantitative estimate of drug-likeness (QED) is 0.558. The predicted octanol–water partition coefficient (Wildman–Crippen LogP) is 0.146. The Bertz CT molecular complexity index is 502. The lowest BCUT2D eigenvalue weighted by molar-refractivity contribution is -0.140. The standard InChI is InChI=1S/C14H19N3O4/c1-9(2)12(14(20)21)15-8-11(18)16-17-13(19)10-6-4-3-5-7-10/h3-7,9,12,15H,8H2,1-2H3,(H,16,18)(H,17,19)(H,20,21). The summed E-state index contributed by atoms with van der Waals surface area (Å²) in [6.07, 6.45) is 0. The van der Waals surface area contributed by atoms with Crippen molar-refractivity contribution in [1.29, 1.82) is 0 Å². The molecule has 1 atom stereocenters. The topological polar surface area (TPSA) is 108 Å². The van der Waals surface area contributed by atoms with Crippen LogP contribution in [0.1, 0.15) is 24.2 Å². The first-order chi connectivity index (χ1) is 9.91. The molecule has 0 bridgehead atoms. The van der Waals surface area contributed by atoms with E-state index in [1.165, 1.54) is 0 Å². The molecule has 1 aromatic rings. The molecule has 1 rings (SSSR count). The second-order valence-electron chi connectivity index (χ2n) is 4.81. The maximum Gasteiger partial charge on any atom is 0.320 e. The molecule has 7 nitrogen and oxygen atoms in total. The number of aliphatic carboxylic acids is 1. The zero-order valence-corrected chi connectivity index (χ0v) is 11.9. The van der Waals surface area contributed by atoms with Crippen molar-refractivity contribution in [1.82, 2.24) is 16.2 Å². The third-order valence-electron chi connectivity index (χ3n) is 2.77. The van der Waals surface area contributed by atoms with E-state index in [0.29, 0.717) is 5.56 Å². The molecule has 4 N–H and O–H groups in total. The molecule has 114 valence electrons. The van der Waals surface area contributed by atoms with E-state index >= 15 is 0 Å². The second kappa shape index (κ2) is 8.01. The number of carboxylic acids is 1. The van der Waals surface area contributed by atoms with Crippen molar-refractivity contribution in [2.45, 2.75) is 19.9 Å². The normalized spacial score (nSPS) is 11.8. The summed E-state index contributed by atoms with van der Waals surface area (Å²) in [6.45, 7) is 3.27. The van der Waals surface area contributed by atoms with Gasteiger partial charge in [-0.3, -0.25) is 30.6 Å². The zero-order chi connectivity index (χ0) is 15.8. The molecule has 1 aromatic carbocycles. The summed E-state index contributed by atoms with van der Waals surface area (Å²) in [5.74, 6) is -2.14. The van der Waals surface area contributed by atoms with Crippen LogP contribution in [-0.4, -0.2) is 35.5 Å². The molecule has 0 saturated heterocycles. The highest BCUT2D eigenvalue weighted by Gasteiger charge is 2.21. The van der Waals surface area contributed by atoms with Crippen LogP contribution in [0.15, 0.2) is 30.3 Å². The maximum absolute atomic E-state index is 11.7. The predicted molar refractivity (Wildman–Crippen MR) is 76.3 cm³/mol. The Labute approximate surface area is 122 Å². The molecule has 0 aliphatic carbocycles. The van der Waals surface area contributed by atoms with Gasteiger partial charge in [0.1, 0.15) is 6.04 Å². The van der Waals surface area contributed by atoms with E-state index < -0.39 is 23.8 Å². The van der Waals surface area contributed by atoms with Gasteiger partial charge >= 0.3 is 5.97 Å². The van der Waals surface area contributed by atoms with E-state index in [1.54, 1.807) is 44.2 Å². The van der Waals surface area contributed by atoms with Gasteiger partial charge in [0.15, 0.2) is 0 Å². The molecule has 0 fully saturated rings. The first-order valence-electron chi connectivity index (χ1n) is 6.52. The highest BCUT2D eigenvalue weighted by molar-refractivity contribution is 5.95. The maximum atomic E-state index is 11.7. The fraction of sp³-hybridized carbons (Fsp3) is 0.357. The van der Waals surface area contributed by atoms with E-state index in [4.69, 9.17) is 5.11 Å². The molecule has 2 amide bonds. The van der Waals surface area contributed by atoms with Gasteiger partial charge in [-0.1, -0.05) is 32.0 Å². The molecule has 0 spiro atoms. The Morgan fingerprint density at radius 3 is 2.24 bits per heavy atom. The van der Waals surface area contributed by atoms with Crippen LogP contribution < -0.4 is 16.2 Å². The highest BCUT2D eigenvalue weighted by atomic mass is 16.4. The van der Waals surface area contributed by atoms with Crippen LogP contribution >= 0.6 is 0 Å². The summed E-state index contributed by atoms with van der Waals surface area (Å²) < 4.78 is 0. The monoisotopic (exact) mass is 293 g/mol. The minimum absolute atomic E-state index is 0.158. The molecule has 0 aliphatic rings. The Morgan fingerprint density at radius 2 is 1.71 bits per heavy atom. The van der Waals surface area contributed by atoms with Crippen LogP contribution in [0.5, 0.6) is 0 Å². The number of carboxylic acid groups (broad SMARTS) is 1. The molecule has 0 heterocycles. The van der Waals surface area contributed by atoms with Crippen molar-refractivity contribution in [3.63, 3.8) is 0 Å². The first kappa shape index (κ1) is 16.6. The van der Waals surface area contributed by atoms with Gasteiger partial charge in [-0.2, -0.15) is 0 Å². The summed E-state index contributed by atoms with van der Waals surface area (Å²) in [5, 5.41) is 11.6. The Balaban J connectivity index is 2.38. The summed E-state index contributed by atoms with van der Waals surface area (Å²) in [4.78, 5) is 34.2. The second-order valence-corrected chi connectivity index (χ2v) is 4.81. The lowest BCUT2D eigenvalue weighted by Gasteiger charge is -2.17. The molecule has 0 aromatic heterocycles. The van der Waals surface area contributed by atoms with Crippen molar-refractivity contribution in [3.05, 3.63) is 35.9 Å². The molecular weight excluding hydrogens is 274 g/mol. The SMILES string of the molecule is CC(C)C(NCC(=O)NNC(=O)c1ccccc1)C(=O)O. The van der Waals surface area contributed by atoms with Gasteiger partial charge in [0.25, 0.3) is 11.8 Å². The van der Waals surface area contributed by atoms with Crippen molar-refractivity contribution in [2.75, 3.05) is 6.54 Å². The van der Waals surface area contributed by atoms with Crippen molar-refractivity contribution < 1.29 is 19.5 Å². The van der Waals surface area contributed by atoms with Gasteiger partial charge in [0.2, 0.25) is 0 Å². The van der Waals surface area contributed by atoms with Gasteiger partial charge in [0, 0.05) is 5.56 Å². The van der Waals surface area contributed by atoms with Crippen LogP contribution in [-0.2, 0) is 9.59 Å².